The van der Waals surface area contributed by atoms with Crippen LogP contribution in [0.4, 0.5) is 5.69 Å². The maximum absolute atomic E-state index is 12.6. The molecule has 0 aromatic heterocycles. The molecule has 27 heavy (non-hydrogen) atoms. The first-order chi connectivity index (χ1) is 12.6. The molecule has 1 fully saturated rings. The van der Waals surface area contributed by atoms with E-state index in [1.807, 2.05) is 0 Å². The number of hydrogen-bond acceptors (Lipinski definition) is 5. The van der Waals surface area contributed by atoms with E-state index in [1.54, 1.807) is 45.9 Å². The third kappa shape index (κ3) is 6.88. The number of ether oxygens (including phenoxy) is 2. The molecule has 2 atom stereocenters. The predicted molar refractivity (Wildman–Crippen MR) is 104 cm³/mol. The summed E-state index contributed by atoms with van der Waals surface area (Å²) in [5.41, 5.74) is -0.407. The van der Waals surface area contributed by atoms with Gasteiger partial charge in [-0.05, 0) is 59.1 Å². The molecule has 2 N–H and O–H groups in total. The van der Waals surface area contributed by atoms with Crippen molar-refractivity contribution in [3.05, 3.63) is 24.3 Å². The first-order valence-electron chi connectivity index (χ1n) is 9.25. The van der Waals surface area contributed by atoms with Gasteiger partial charge in [0.05, 0.1) is 18.4 Å². The van der Waals surface area contributed by atoms with Crippen molar-refractivity contribution in [2.45, 2.75) is 69.6 Å². The predicted octanol–water partition coefficient (Wildman–Crippen LogP) is 2.68. The number of sulfonamides is 1. The Hall–Kier alpha value is -1.48. The molecule has 1 aromatic rings. The topological polar surface area (TPSA) is 93.7 Å². The first-order valence-corrected chi connectivity index (χ1v) is 10.7. The van der Waals surface area contributed by atoms with E-state index in [2.05, 4.69) is 10.0 Å². The summed E-state index contributed by atoms with van der Waals surface area (Å²) in [6, 6.07) is 6.32. The molecule has 2 rings (SSSR count). The van der Waals surface area contributed by atoms with Crippen LogP contribution in [0, 0.1) is 0 Å². The van der Waals surface area contributed by atoms with Gasteiger partial charge >= 0.3 is 0 Å². The molecule has 2 unspecified atom stereocenters. The van der Waals surface area contributed by atoms with Crippen molar-refractivity contribution in [2.75, 3.05) is 18.5 Å². The second kappa shape index (κ2) is 9.14. The molecule has 1 aliphatic heterocycles. The van der Waals surface area contributed by atoms with E-state index in [4.69, 9.17) is 9.47 Å². The Bertz CT molecular complexity index is 737. The van der Waals surface area contributed by atoms with Gasteiger partial charge in [0.15, 0.2) is 0 Å². The second-order valence-corrected chi connectivity index (χ2v) is 9.46. The SMILES string of the molecule is CC(OCC1CCCCO1)C(=O)Nc1ccccc1S(=O)(=O)NC(C)(C)C. The van der Waals surface area contributed by atoms with Crippen LogP contribution in [-0.4, -0.2) is 45.3 Å². The molecule has 8 heteroatoms. The van der Waals surface area contributed by atoms with Crippen molar-refractivity contribution in [2.24, 2.45) is 0 Å². The Kier molecular flexibility index (Phi) is 7.39. The zero-order valence-corrected chi connectivity index (χ0v) is 17.3. The van der Waals surface area contributed by atoms with E-state index in [0.29, 0.717) is 6.61 Å². The van der Waals surface area contributed by atoms with Crippen molar-refractivity contribution < 1.29 is 22.7 Å². The molecule has 7 nitrogen and oxygen atoms in total. The van der Waals surface area contributed by atoms with E-state index >= 15 is 0 Å². The minimum absolute atomic E-state index is 0.0117. The van der Waals surface area contributed by atoms with Crippen LogP contribution < -0.4 is 10.0 Å². The van der Waals surface area contributed by atoms with Gasteiger partial charge in [0.1, 0.15) is 11.0 Å². The number of carbonyl (C=O) groups is 1. The average molecular weight is 399 g/mol. The van der Waals surface area contributed by atoms with Gasteiger partial charge in [0.25, 0.3) is 5.91 Å². The Labute approximate surface area is 161 Å². The molecule has 0 radical (unpaired) electrons. The lowest BCUT2D eigenvalue weighted by molar-refractivity contribution is -0.130. The Morgan fingerprint density at radius 3 is 2.63 bits per heavy atom. The third-order valence-electron chi connectivity index (χ3n) is 4.05. The normalized spacial score (nSPS) is 19.5. The summed E-state index contributed by atoms with van der Waals surface area (Å²) in [6.45, 7) is 7.99. The van der Waals surface area contributed by atoms with Crippen LogP contribution in [0.1, 0.15) is 47.0 Å². The molecule has 1 aromatic carbocycles. The highest BCUT2D eigenvalue weighted by atomic mass is 32.2. The molecule has 0 bridgehead atoms. The molecule has 0 spiro atoms. The highest BCUT2D eigenvalue weighted by Gasteiger charge is 2.26. The van der Waals surface area contributed by atoms with Crippen LogP contribution >= 0.6 is 0 Å². The van der Waals surface area contributed by atoms with Crippen LogP contribution in [0.3, 0.4) is 0 Å². The summed E-state index contributed by atoms with van der Waals surface area (Å²) in [5.74, 6) is -0.399. The van der Waals surface area contributed by atoms with Crippen LogP contribution in [0.15, 0.2) is 29.2 Å². The van der Waals surface area contributed by atoms with E-state index in [0.717, 1.165) is 25.9 Å². The summed E-state index contributed by atoms with van der Waals surface area (Å²) < 4.78 is 39.1. The number of para-hydroxylation sites is 1. The van der Waals surface area contributed by atoms with Crippen molar-refractivity contribution in [1.29, 1.82) is 0 Å². The lowest BCUT2D eigenvalue weighted by Gasteiger charge is -2.24. The molecule has 152 valence electrons. The summed E-state index contributed by atoms with van der Waals surface area (Å²) in [5, 5.41) is 2.67. The Morgan fingerprint density at radius 1 is 1.30 bits per heavy atom. The maximum atomic E-state index is 12.6. The fraction of sp³-hybridized carbons (Fsp3) is 0.632. The second-order valence-electron chi connectivity index (χ2n) is 7.81. The van der Waals surface area contributed by atoms with Gasteiger partial charge < -0.3 is 14.8 Å². The quantitative estimate of drug-likeness (QED) is 0.736. The lowest BCUT2D eigenvalue weighted by atomic mass is 10.1. The monoisotopic (exact) mass is 398 g/mol. The van der Waals surface area contributed by atoms with E-state index in [-0.39, 0.29) is 16.7 Å². The van der Waals surface area contributed by atoms with Crippen molar-refractivity contribution in [1.82, 2.24) is 4.72 Å². The zero-order valence-electron chi connectivity index (χ0n) is 16.4. The van der Waals surface area contributed by atoms with E-state index < -0.39 is 27.6 Å². The molecule has 0 saturated carbocycles. The van der Waals surface area contributed by atoms with Crippen LogP contribution in [0.5, 0.6) is 0 Å². The summed E-state index contributed by atoms with van der Waals surface area (Å²) in [4.78, 5) is 12.5. The highest BCUT2D eigenvalue weighted by Crippen LogP contribution is 2.23. The van der Waals surface area contributed by atoms with Crippen molar-refractivity contribution >= 4 is 21.6 Å². The maximum Gasteiger partial charge on any atom is 0.253 e. The summed E-state index contributed by atoms with van der Waals surface area (Å²) in [7, 11) is -3.77. The smallest absolute Gasteiger partial charge is 0.253 e. The number of rotatable bonds is 7. The molecule has 1 amide bonds. The molecular formula is C19H30N2O5S. The number of benzene rings is 1. The van der Waals surface area contributed by atoms with E-state index in [1.165, 1.54) is 6.07 Å². The summed E-state index contributed by atoms with van der Waals surface area (Å²) >= 11 is 0. The van der Waals surface area contributed by atoms with Crippen molar-refractivity contribution in [3.8, 4) is 0 Å². The number of anilines is 1. The van der Waals surface area contributed by atoms with E-state index in [9.17, 15) is 13.2 Å². The summed E-state index contributed by atoms with van der Waals surface area (Å²) in [6.07, 6.45) is 2.37. The largest absolute Gasteiger partial charge is 0.376 e. The third-order valence-corrected chi connectivity index (χ3v) is 5.87. The number of hydrogen-bond donors (Lipinski definition) is 2. The molecule has 0 aliphatic carbocycles. The Balaban J connectivity index is 2.03. The highest BCUT2D eigenvalue weighted by molar-refractivity contribution is 7.89. The number of carbonyl (C=O) groups excluding carboxylic acids is 1. The fourth-order valence-electron chi connectivity index (χ4n) is 2.76. The van der Waals surface area contributed by atoms with Gasteiger partial charge in [-0.1, -0.05) is 12.1 Å². The van der Waals surface area contributed by atoms with Gasteiger partial charge in [-0.25, -0.2) is 13.1 Å². The fourth-order valence-corrected chi connectivity index (χ4v) is 4.35. The average Bonchev–Trinajstić information content (AvgIpc) is 2.59. The first kappa shape index (κ1) is 21.8. The standard InChI is InChI=1S/C19H30N2O5S/c1-14(26-13-15-9-7-8-12-25-15)18(22)20-16-10-5-6-11-17(16)27(23,24)21-19(2,3)4/h5-6,10-11,14-15,21H,7-9,12-13H2,1-4H3,(H,20,22). The van der Waals surface area contributed by atoms with Crippen LogP contribution in [-0.2, 0) is 24.3 Å². The van der Waals surface area contributed by atoms with Crippen LogP contribution in [0.2, 0.25) is 0 Å². The van der Waals surface area contributed by atoms with Gasteiger partial charge in [-0.2, -0.15) is 0 Å². The minimum atomic E-state index is -3.77. The van der Waals surface area contributed by atoms with Crippen LogP contribution in [0.25, 0.3) is 0 Å². The number of amides is 1. The van der Waals surface area contributed by atoms with Gasteiger partial charge in [-0.3, -0.25) is 4.79 Å². The van der Waals surface area contributed by atoms with Crippen molar-refractivity contribution in [3.63, 3.8) is 0 Å². The molecule has 1 heterocycles. The minimum Gasteiger partial charge on any atom is -0.376 e. The number of nitrogens with one attached hydrogen (secondary N) is 2. The molecular weight excluding hydrogens is 368 g/mol. The van der Waals surface area contributed by atoms with Gasteiger partial charge in [0.2, 0.25) is 10.0 Å². The zero-order chi connectivity index (χ0) is 20.1. The van der Waals surface area contributed by atoms with Gasteiger partial charge in [0, 0.05) is 12.1 Å². The lowest BCUT2D eigenvalue weighted by Crippen LogP contribution is -2.41. The molecule has 1 saturated heterocycles. The Morgan fingerprint density at radius 2 is 2.00 bits per heavy atom. The van der Waals surface area contributed by atoms with Gasteiger partial charge in [-0.15, -0.1) is 0 Å². The molecule has 1 aliphatic rings.